The van der Waals surface area contributed by atoms with Gasteiger partial charge in [-0.25, -0.2) is 4.98 Å². The fourth-order valence-electron chi connectivity index (χ4n) is 4.04. The molecule has 1 fully saturated rings. The summed E-state index contributed by atoms with van der Waals surface area (Å²) in [4.78, 5) is 43.9. The molecule has 0 saturated carbocycles. The molecule has 0 radical (unpaired) electrons. The Bertz CT molecular complexity index is 1020. The maximum atomic E-state index is 13.4. The summed E-state index contributed by atoms with van der Waals surface area (Å²) in [5, 5.41) is 15.9. The summed E-state index contributed by atoms with van der Waals surface area (Å²) in [6.45, 7) is 9.49. The van der Waals surface area contributed by atoms with Gasteiger partial charge in [0.15, 0.2) is 12.2 Å². The number of hydrogen-bond donors (Lipinski definition) is 3. The lowest BCUT2D eigenvalue weighted by Gasteiger charge is -2.35. The average molecular weight is 471 g/mol. The van der Waals surface area contributed by atoms with Crippen molar-refractivity contribution in [2.45, 2.75) is 72.2 Å². The van der Waals surface area contributed by atoms with Gasteiger partial charge >= 0.3 is 0 Å². The van der Waals surface area contributed by atoms with Gasteiger partial charge < -0.3 is 25.1 Å². The number of nitrogens with one attached hydrogen (secondary N) is 2. The molecule has 2 heterocycles. The number of aromatic nitrogens is 1. The number of rotatable bonds is 7. The fourth-order valence-corrected chi connectivity index (χ4v) is 4.04. The first kappa shape index (κ1) is 25.4. The van der Waals surface area contributed by atoms with Gasteiger partial charge in [0.1, 0.15) is 12.1 Å². The van der Waals surface area contributed by atoms with Crippen LogP contribution in [0, 0.1) is 12.3 Å². The van der Waals surface area contributed by atoms with Crippen molar-refractivity contribution in [2.24, 2.45) is 5.41 Å². The minimum Gasteiger partial charge on any atom is -0.443 e. The maximum absolute atomic E-state index is 13.4. The number of amides is 3. The zero-order valence-corrected chi connectivity index (χ0v) is 20.4. The van der Waals surface area contributed by atoms with Gasteiger partial charge in [0.05, 0.1) is 11.8 Å². The van der Waals surface area contributed by atoms with E-state index in [4.69, 9.17) is 4.42 Å². The highest BCUT2D eigenvalue weighted by molar-refractivity contribution is 5.93. The van der Waals surface area contributed by atoms with Crippen LogP contribution in [0.4, 0.5) is 0 Å². The molecule has 1 aromatic carbocycles. The molecule has 0 aliphatic carbocycles. The first-order chi connectivity index (χ1) is 16.0. The Hall–Kier alpha value is -3.20. The van der Waals surface area contributed by atoms with E-state index in [1.165, 1.54) is 11.3 Å². The van der Waals surface area contributed by atoms with Crippen molar-refractivity contribution in [3.63, 3.8) is 0 Å². The molecule has 3 rings (SSSR count). The molecule has 2 aromatic rings. The molecule has 184 valence electrons. The molecule has 0 bridgehead atoms. The number of aliphatic hydroxyl groups is 1. The Morgan fingerprint density at radius 2 is 1.91 bits per heavy atom. The Morgan fingerprint density at radius 1 is 1.24 bits per heavy atom. The summed E-state index contributed by atoms with van der Waals surface area (Å²) in [5.74, 6) is -0.237. The second-order valence-electron chi connectivity index (χ2n) is 9.80. The monoisotopic (exact) mass is 470 g/mol. The second-order valence-corrected chi connectivity index (χ2v) is 9.80. The van der Waals surface area contributed by atoms with Crippen molar-refractivity contribution in [3.05, 3.63) is 41.9 Å². The number of carbonyl (C=O) groups excluding carboxylic acids is 3. The summed E-state index contributed by atoms with van der Waals surface area (Å²) in [6, 6.07) is 5.97. The zero-order valence-electron chi connectivity index (χ0n) is 20.4. The van der Waals surface area contributed by atoms with Gasteiger partial charge in [-0.1, -0.05) is 52.0 Å². The predicted octanol–water partition coefficient (Wildman–Crippen LogP) is 2.17. The van der Waals surface area contributed by atoms with Crippen LogP contribution in [0.15, 0.2) is 35.1 Å². The SMILES string of the molecule is CCC(=O)N[C@H](C(=O)N1C[C@H](O)C[C@H]1C(=O)NCc1ccc(-c2ocnc2C)cc1)C(C)(C)C. The van der Waals surface area contributed by atoms with E-state index in [9.17, 15) is 19.5 Å². The van der Waals surface area contributed by atoms with Gasteiger partial charge in [-0.05, 0) is 17.9 Å². The van der Waals surface area contributed by atoms with Crippen LogP contribution < -0.4 is 10.6 Å². The first-order valence-corrected chi connectivity index (χ1v) is 11.6. The molecule has 0 unspecified atom stereocenters. The lowest BCUT2D eigenvalue weighted by molar-refractivity contribution is -0.144. The highest BCUT2D eigenvalue weighted by Crippen LogP contribution is 2.27. The smallest absolute Gasteiger partial charge is 0.246 e. The number of oxazole rings is 1. The molecule has 9 nitrogen and oxygen atoms in total. The van der Waals surface area contributed by atoms with Crippen LogP contribution in [0.3, 0.4) is 0 Å². The van der Waals surface area contributed by atoms with E-state index in [-0.39, 0.29) is 43.7 Å². The third kappa shape index (κ3) is 5.83. The van der Waals surface area contributed by atoms with Crippen LogP contribution in [0.5, 0.6) is 0 Å². The molecule has 3 N–H and O–H groups in total. The van der Waals surface area contributed by atoms with Crippen molar-refractivity contribution in [1.29, 1.82) is 0 Å². The number of aryl methyl sites for hydroxylation is 1. The Kier molecular flexibility index (Phi) is 7.76. The van der Waals surface area contributed by atoms with Crippen LogP contribution in [-0.4, -0.2) is 57.4 Å². The number of nitrogens with zero attached hydrogens (tertiary/aromatic N) is 2. The summed E-state index contributed by atoms with van der Waals surface area (Å²) in [6.07, 6.45) is 1.01. The van der Waals surface area contributed by atoms with Crippen LogP contribution >= 0.6 is 0 Å². The molecule has 9 heteroatoms. The zero-order chi connectivity index (χ0) is 25.0. The Balaban J connectivity index is 1.67. The van der Waals surface area contributed by atoms with E-state index < -0.39 is 23.6 Å². The highest BCUT2D eigenvalue weighted by atomic mass is 16.3. The average Bonchev–Trinajstić information content (AvgIpc) is 3.40. The fraction of sp³-hybridized carbons (Fsp3) is 0.520. The largest absolute Gasteiger partial charge is 0.443 e. The van der Waals surface area contributed by atoms with E-state index in [1.807, 2.05) is 52.0 Å². The van der Waals surface area contributed by atoms with Crippen LogP contribution in [0.25, 0.3) is 11.3 Å². The van der Waals surface area contributed by atoms with Crippen molar-refractivity contribution in [2.75, 3.05) is 6.54 Å². The van der Waals surface area contributed by atoms with E-state index in [1.54, 1.807) is 6.92 Å². The van der Waals surface area contributed by atoms with E-state index in [0.29, 0.717) is 5.76 Å². The molecule has 1 aliphatic rings. The number of likely N-dealkylation sites (tertiary alicyclic amines) is 1. The normalized spacial score (nSPS) is 19.1. The molecule has 1 saturated heterocycles. The van der Waals surface area contributed by atoms with Gasteiger partial charge in [-0.2, -0.15) is 0 Å². The van der Waals surface area contributed by atoms with Crippen molar-refractivity contribution < 1.29 is 23.9 Å². The summed E-state index contributed by atoms with van der Waals surface area (Å²) in [7, 11) is 0. The summed E-state index contributed by atoms with van der Waals surface area (Å²) in [5.41, 5.74) is 2.02. The van der Waals surface area contributed by atoms with Crippen LogP contribution in [-0.2, 0) is 20.9 Å². The number of β-amino-alcohol motifs (C(OH)–C–C–N with tert-alkyl or cyclic N) is 1. The summed E-state index contributed by atoms with van der Waals surface area (Å²) < 4.78 is 5.41. The third-order valence-corrected chi connectivity index (χ3v) is 6.03. The van der Waals surface area contributed by atoms with Gasteiger partial charge in [0.2, 0.25) is 17.7 Å². The van der Waals surface area contributed by atoms with Crippen LogP contribution in [0.2, 0.25) is 0 Å². The standard InChI is InChI=1S/C25H34N4O5/c1-6-20(31)28-22(25(3,4)5)24(33)29-13-18(30)11-19(29)23(32)26-12-16-7-9-17(10-8-16)21-15(2)27-14-34-21/h7-10,14,18-19,22,30H,6,11-13H2,1-5H3,(H,26,32)(H,28,31)/t18-,19+,22-/m1/s1. The van der Waals surface area contributed by atoms with Gasteiger partial charge in [-0.3, -0.25) is 14.4 Å². The van der Waals surface area contributed by atoms with E-state index in [0.717, 1.165) is 16.8 Å². The quantitative estimate of drug-likeness (QED) is 0.570. The number of hydrogen-bond acceptors (Lipinski definition) is 6. The number of carbonyl (C=O) groups is 3. The van der Waals surface area contributed by atoms with Gasteiger partial charge in [0.25, 0.3) is 0 Å². The predicted molar refractivity (Wildman–Crippen MR) is 126 cm³/mol. The number of benzene rings is 1. The minimum absolute atomic E-state index is 0.0523. The minimum atomic E-state index is -0.804. The molecular formula is C25H34N4O5. The lowest BCUT2D eigenvalue weighted by atomic mass is 9.85. The molecule has 0 spiro atoms. The topological polar surface area (TPSA) is 125 Å². The van der Waals surface area contributed by atoms with Gasteiger partial charge in [0, 0.05) is 31.5 Å². The molecule has 3 amide bonds. The van der Waals surface area contributed by atoms with Gasteiger partial charge in [-0.15, -0.1) is 0 Å². The molecule has 3 atom stereocenters. The molecular weight excluding hydrogens is 436 g/mol. The highest BCUT2D eigenvalue weighted by Gasteiger charge is 2.44. The maximum Gasteiger partial charge on any atom is 0.246 e. The Labute approximate surface area is 199 Å². The van der Waals surface area contributed by atoms with Crippen molar-refractivity contribution in [3.8, 4) is 11.3 Å². The first-order valence-electron chi connectivity index (χ1n) is 11.6. The molecule has 1 aliphatic heterocycles. The van der Waals surface area contributed by atoms with E-state index >= 15 is 0 Å². The second kappa shape index (κ2) is 10.4. The van der Waals surface area contributed by atoms with Crippen molar-refractivity contribution in [1.82, 2.24) is 20.5 Å². The molecule has 34 heavy (non-hydrogen) atoms. The third-order valence-electron chi connectivity index (χ3n) is 6.03. The summed E-state index contributed by atoms with van der Waals surface area (Å²) >= 11 is 0. The Morgan fingerprint density at radius 3 is 2.47 bits per heavy atom. The lowest BCUT2D eigenvalue weighted by Crippen LogP contribution is -2.57. The molecule has 1 aromatic heterocycles. The number of aliphatic hydroxyl groups excluding tert-OH is 1. The van der Waals surface area contributed by atoms with Crippen LogP contribution in [0.1, 0.15) is 51.8 Å². The van der Waals surface area contributed by atoms with E-state index in [2.05, 4.69) is 15.6 Å². The van der Waals surface area contributed by atoms with Crippen molar-refractivity contribution >= 4 is 17.7 Å².